The molecule has 0 amide bonds. The standard InChI is InChI=1S/C12H25N3O/c1-11-9-14(2)7-8-15(11)10-12(16)3-5-13-6-4-12/h11,13,16H,3-10H2,1-2H3. The van der Waals surface area contributed by atoms with E-state index in [9.17, 15) is 5.11 Å². The molecule has 2 aliphatic rings. The van der Waals surface area contributed by atoms with Crippen molar-refractivity contribution in [3.63, 3.8) is 0 Å². The van der Waals surface area contributed by atoms with E-state index in [0.29, 0.717) is 6.04 Å². The van der Waals surface area contributed by atoms with Gasteiger partial charge in [-0.05, 0) is 39.9 Å². The minimum Gasteiger partial charge on any atom is -0.388 e. The van der Waals surface area contributed by atoms with Crippen LogP contribution in [0.4, 0.5) is 0 Å². The third-order valence-electron chi connectivity index (χ3n) is 4.00. The van der Waals surface area contributed by atoms with Gasteiger partial charge in [-0.15, -0.1) is 0 Å². The highest BCUT2D eigenvalue weighted by Gasteiger charge is 2.34. The van der Waals surface area contributed by atoms with Gasteiger partial charge in [-0.1, -0.05) is 0 Å². The molecule has 0 aliphatic carbocycles. The van der Waals surface area contributed by atoms with Crippen LogP contribution in [0.2, 0.25) is 0 Å². The van der Waals surface area contributed by atoms with Gasteiger partial charge in [-0.25, -0.2) is 0 Å². The Balaban J connectivity index is 1.88. The number of rotatable bonds is 2. The van der Waals surface area contributed by atoms with Gasteiger partial charge in [0.2, 0.25) is 0 Å². The van der Waals surface area contributed by atoms with Crippen molar-refractivity contribution in [2.75, 3.05) is 46.3 Å². The average Bonchev–Trinajstić information content (AvgIpc) is 2.23. The maximum atomic E-state index is 10.5. The SMILES string of the molecule is CC1CN(C)CCN1CC1(O)CCNCC1. The van der Waals surface area contributed by atoms with Gasteiger partial charge in [0.1, 0.15) is 0 Å². The Morgan fingerprint density at radius 2 is 2.00 bits per heavy atom. The Morgan fingerprint density at radius 3 is 2.62 bits per heavy atom. The molecule has 0 aromatic carbocycles. The molecule has 0 saturated carbocycles. The second kappa shape index (κ2) is 5.00. The van der Waals surface area contributed by atoms with Crippen LogP contribution in [0, 0.1) is 0 Å². The molecule has 2 fully saturated rings. The number of piperazine rings is 1. The largest absolute Gasteiger partial charge is 0.388 e. The molecule has 4 nitrogen and oxygen atoms in total. The quantitative estimate of drug-likeness (QED) is 0.681. The number of hydrogen-bond donors (Lipinski definition) is 2. The minimum absolute atomic E-state index is 0.449. The van der Waals surface area contributed by atoms with Gasteiger partial charge in [0, 0.05) is 32.2 Å². The molecule has 2 aliphatic heterocycles. The van der Waals surface area contributed by atoms with Crippen LogP contribution in [0.15, 0.2) is 0 Å². The van der Waals surface area contributed by atoms with E-state index in [1.807, 2.05) is 0 Å². The molecule has 2 rings (SSSR count). The van der Waals surface area contributed by atoms with Crippen LogP contribution in [0.3, 0.4) is 0 Å². The molecule has 2 saturated heterocycles. The molecule has 2 N–H and O–H groups in total. The molecular formula is C12H25N3O. The summed E-state index contributed by atoms with van der Waals surface area (Å²) >= 11 is 0. The van der Waals surface area contributed by atoms with Crippen LogP contribution in [-0.4, -0.2) is 72.9 Å². The van der Waals surface area contributed by atoms with E-state index in [2.05, 4.69) is 29.1 Å². The van der Waals surface area contributed by atoms with E-state index in [1.165, 1.54) is 0 Å². The Hall–Kier alpha value is -0.160. The summed E-state index contributed by atoms with van der Waals surface area (Å²) in [6, 6.07) is 0.567. The van der Waals surface area contributed by atoms with Crippen LogP contribution in [0.5, 0.6) is 0 Å². The van der Waals surface area contributed by atoms with E-state index in [-0.39, 0.29) is 0 Å². The summed E-state index contributed by atoms with van der Waals surface area (Å²) in [5.74, 6) is 0. The van der Waals surface area contributed by atoms with E-state index in [0.717, 1.165) is 52.1 Å². The Morgan fingerprint density at radius 1 is 1.31 bits per heavy atom. The van der Waals surface area contributed by atoms with Crippen molar-refractivity contribution >= 4 is 0 Å². The zero-order chi connectivity index (χ0) is 11.6. The number of nitrogens with zero attached hydrogens (tertiary/aromatic N) is 2. The second-order valence-corrected chi connectivity index (χ2v) is 5.56. The predicted octanol–water partition coefficient (Wildman–Crippen LogP) is -0.263. The Kier molecular flexibility index (Phi) is 3.85. The summed E-state index contributed by atoms with van der Waals surface area (Å²) in [4.78, 5) is 4.82. The van der Waals surface area contributed by atoms with Crippen molar-refractivity contribution in [2.24, 2.45) is 0 Å². The summed E-state index contributed by atoms with van der Waals surface area (Å²) in [7, 11) is 2.17. The Labute approximate surface area is 98.6 Å². The fraction of sp³-hybridized carbons (Fsp3) is 1.00. The van der Waals surface area contributed by atoms with E-state index >= 15 is 0 Å². The molecule has 16 heavy (non-hydrogen) atoms. The third kappa shape index (κ3) is 2.94. The molecule has 0 radical (unpaired) electrons. The van der Waals surface area contributed by atoms with Gasteiger partial charge in [-0.3, -0.25) is 4.90 Å². The number of piperidine rings is 1. The van der Waals surface area contributed by atoms with Gasteiger partial charge < -0.3 is 15.3 Å². The lowest BCUT2D eigenvalue weighted by atomic mass is 9.91. The highest BCUT2D eigenvalue weighted by molar-refractivity contribution is 4.90. The van der Waals surface area contributed by atoms with Crippen molar-refractivity contribution in [3.05, 3.63) is 0 Å². The average molecular weight is 227 g/mol. The number of nitrogens with one attached hydrogen (secondary N) is 1. The first kappa shape index (κ1) is 12.3. The molecule has 2 heterocycles. The molecule has 1 unspecified atom stereocenters. The van der Waals surface area contributed by atoms with Crippen molar-refractivity contribution in [1.29, 1.82) is 0 Å². The van der Waals surface area contributed by atoms with Gasteiger partial charge in [0.15, 0.2) is 0 Å². The lowest BCUT2D eigenvalue weighted by Crippen LogP contribution is -2.57. The lowest BCUT2D eigenvalue weighted by Gasteiger charge is -2.43. The fourth-order valence-electron chi connectivity index (χ4n) is 2.84. The number of likely N-dealkylation sites (N-methyl/N-ethyl adjacent to an activating group) is 1. The molecule has 94 valence electrons. The lowest BCUT2D eigenvalue weighted by molar-refractivity contribution is -0.0419. The van der Waals surface area contributed by atoms with E-state index in [4.69, 9.17) is 0 Å². The maximum absolute atomic E-state index is 10.5. The van der Waals surface area contributed by atoms with Crippen LogP contribution >= 0.6 is 0 Å². The van der Waals surface area contributed by atoms with Crippen molar-refractivity contribution in [2.45, 2.75) is 31.4 Å². The summed E-state index contributed by atoms with van der Waals surface area (Å²) in [6.45, 7) is 8.36. The van der Waals surface area contributed by atoms with Crippen molar-refractivity contribution in [1.82, 2.24) is 15.1 Å². The monoisotopic (exact) mass is 227 g/mol. The van der Waals surface area contributed by atoms with Gasteiger partial charge >= 0.3 is 0 Å². The smallest absolute Gasteiger partial charge is 0.0798 e. The highest BCUT2D eigenvalue weighted by Crippen LogP contribution is 2.21. The van der Waals surface area contributed by atoms with Crippen molar-refractivity contribution < 1.29 is 5.11 Å². The summed E-state index contributed by atoms with van der Waals surface area (Å²) in [5.41, 5.74) is -0.449. The first-order valence-corrected chi connectivity index (χ1v) is 6.45. The van der Waals surface area contributed by atoms with Crippen molar-refractivity contribution in [3.8, 4) is 0 Å². The first-order chi connectivity index (χ1) is 7.59. The van der Waals surface area contributed by atoms with Crippen LogP contribution in [0.1, 0.15) is 19.8 Å². The van der Waals surface area contributed by atoms with Crippen LogP contribution in [0.25, 0.3) is 0 Å². The van der Waals surface area contributed by atoms with Gasteiger partial charge in [-0.2, -0.15) is 0 Å². The van der Waals surface area contributed by atoms with Crippen LogP contribution in [-0.2, 0) is 0 Å². The topological polar surface area (TPSA) is 38.7 Å². The minimum atomic E-state index is -0.449. The Bertz CT molecular complexity index is 228. The van der Waals surface area contributed by atoms with Gasteiger partial charge in [0.05, 0.1) is 5.60 Å². The predicted molar refractivity (Wildman–Crippen MR) is 65.6 cm³/mol. The third-order valence-corrected chi connectivity index (χ3v) is 4.00. The fourth-order valence-corrected chi connectivity index (χ4v) is 2.84. The second-order valence-electron chi connectivity index (χ2n) is 5.56. The maximum Gasteiger partial charge on any atom is 0.0798 e. The summed E-state index contributed by atoms with van der Waals surface area (Å²) in [6.07, 6.45) is 1.79. The molecule has 4 heteroatoms. The van der Waals surface area contributed by atoms with E-state index in [1.54, 1.807) is 0 Å². The first-order valence-electron chi connectivity index (χ1n) is 6.45. The molecule has 0 spiro atoms. The molecule has 0 bridgehead atoms. The van der Waals surface area contributed by atoms with Gasteiger partial charge in [0.25, 0.3) is 0 Å². The zero-order valence-corrected chi connectivity index (χ0v) is 10.6. The molecule has 1 atom stereocenters. The number of β-amino-alcohol motifs (C(OH)–C–C–N with tert-alkyl or cyclic N) is 1. The number of aliphatic hydroxyl groups is 1. The molecular weight excluding hydrogens is 202 g/mol. The van der Waals surface area contributed by atoms with Crippen LogP contribution < -0.4 is 5.32 Å². The number of hydrogen-bond acceptors (Lipinski definition) is 4. The highest BCUT2D eigenvalue weighted by atomic mass is 16.3. The summed E-state index contributed by atoms with van der Waals surface area (Å²) in [5, 5.41) is 13.8. The molecule has 0 aromatic heterocycles. The normalized spacial score (nSPS) is 32.8. The molecule has 0 aromatic rings. The summed E-state index contributed by atoms with van der Waals surface area (Å²) < 4.78 is 0. The van der Waals surface area contributed by atoms with E-state index < -0.39 is 5.60 Å². The zero-order valence-electron chi connectivity index (χ0n) is 10.6.